The number of benzene rings is 2. The first kappa shape index (κ1) is 56.4. The van der Waals surface area contributed by atoms with Gasteiger partial charge in [-0.05, 0) is 25.3 Å². The lowest BCUT2D eigenvalue weighted by molar-refractivity contribution is -0.190. The summed E-state index contributed by atoms with van der Waals surface area (Å²) in [5, 5.41) is 66.8. The van der Waals surface area contributed by atoms with E-state index in [-0.39, 0.29) is 72.5 Å². The van der Waals surface area contributed by atoms with E-state index in [9.17, 15) is 68.7 Å². The summed E-state index contributed by atoms with van der Waals surface area (Å²) in [6.07, 6.45) is -0.949. The first-order chi connectivity index (χ1) is 35.1. The number of carbonyl (C=O) groups excluding carboxylic acids is 9. The second-order valence-corrected chi connectivity index (χ2v) is 18.6. The van der Waals surface area contributed by atoms with Crippen molar-refractivity contribution in [2.24, 2.45) is 5.92 Å². The largest absolute Gasteiger partial charge is 0.507 e. The van der Waals surface area contributed by atoms with Gasteiger partial charge in [-0.25, -0.2) is 0 Å². The molecule has 2 aliphatic carbocycles. The summed E-state index contributed by atoms with van der Waals surface area (Å²) in [4.78, 5) is 116. The molecular weight excluding hydrogens is 975 g/mol. The zero-order chi connectivity index (χ0) is 54.2. The van der Waals surface area contributed by atoms with Crippen LogP contribution in [0.3, 0.4) is 0 Å². The predicted molar refractivity (Wildman–Crippen MR) is 255 cm³/mol. The highest BCUT2D eigenvalue weighted by Crippen LogP contribution is 2.51. The monoisotopic (exact) mass is 1040 g/mol. The van der Waals surface area contributed by atoms with Crippen molar-refractivity contribution < 1.29 is 87.6 Å². The Hall–Kier alpha value is -6.87. The van der Waals surface area contributed by atoms with E-state index in [4.69, 9.17) is 18.9 Å². The average molecular weight is 1040 g/mol. The second kappa shape index (κ2) is 24.4. The van der Waals surface area contributed by atoms with E-state index in [1.807, 2.05) is 6.92 Å². The number of hydrogen-bond donors (Lipinski definition) is 10. The maximum Gasteiger partial charge on any atom is 0.253 e. The average Bonchev–Trinajstić information content (AvgIpc) is 3.70. The highest BCUT2D eigenvalue weighted by atomic mass is 16.7. The van der Waals surface area contributed by atoms with Crippen LogP contribution >= 0.6 is 0 Å². The van der Waals surface area contributed by atoms with E-state index in [2.05, 4.69) is 31.5 Å². The number of imide groups is 1. The number of morpholine rings is 1. The minimum Gasteiger partial charge on any atom is -0.507 e. The van der Waals surface area contributed by atoms with E-state index in [1.165, 1.54) is 25.3 Å². The highest BCUT2D eigenvalue weighted by Gasteiger charge is 2.49. The molecule has 0 radical (unpaired) electrons. The van der Waals surface area contributed by atoms with Crippen LogP contribution in [-0.4, -0.2) is 198 Å². The Bertz CT molecular complexity index is 2550. The number of hydrogen-bond acceptors (Lipinski definition) is 19. The SMILES string of the molecule is COC1CN(C2CCOC(C)C2O)CCO1.COc1cccc2c1C(=O)c1c(O)c3c(c(O)c1C2=O)CC(O)(C(=O)NCCNC(=O)CNC(=O)CNC(=O)C(NC(=O)CCN1C(=O)C=CC1=O)C(C)C)CC3O. The van der Waals surface area contributed by atoms with E-state index in [0.29, 0.717) is 6.61 Å². The number of methoxy groups -OCH3 is 2. The molecule has 7 rings (SSSR count). The fourth-order valence-corrected chi connectivity index (χ4v) is 9.32. The number of nitrogens with zero attached hydrogens (tertiary/aromatic N) is 2. The normalized spacial score (nSPS) is 23.6. The number of aliphatic hydroxyl groups is 3. The van der Waals surface area contributed by atoms with Gasteiger partial charge in [-0.1, -0.05) is 26.0 Å². The Kier molecular flexibility index (Phi) is 18.6. The molecule has 2 aromatic carbocycles. The minimum absolute atomic E-state index is 0.0538. The van der Waals surface area contributed by atoms with E-state index < -0.39 is 131 Å². The number of nitrogens with one attached hydrogen (secondary N) is 5. The fourth-order valence-electron chi connectivity index (χ4n) is 9.32. The highest BCUT2D eigenvalue weighted by molar-refractivity contribution is 6.31. The smallest absolute Gasteiger partial charge is 0.253 e. The van der Waals surface area contributed by atoms with Crippen LogP contribution in [0.2, 0.25) is 0 Å². The minimum atomic E-state index is -2.36. The molecule has 7 amide bonds. The maximum absolute atomic E-state index is 13.5. The van der Waals surface area contributed by atoms with Gasteiger partial charge in [0.1, 0.15) is 28.9 Å². The van der Waals surface area contributed by atoms with Crippen molar-refractivity contribution in [2.45, 2.75) is 88.7 Å². The summed E-state index contributed by atoms with van der Waals surface area (Å²) in [5.41, 5.74) is -4.34. The second-order valence-electron chi connectivity index (χ2n) is 18.6. The Balaban J connectivity index is 0.000000470. The van der Waals surface area contributed by atoms with Gasteiger partial charge in [-0.15, -0.1) is 0 Å². The Morgan fingerprint density at radius 1 is 0.838 bits per heavy atom. The number of fused-ring (bicyclic) bond motifs is 3. The summed E-state index contributed by atoms with van der Waals surface area (Å²) in [6, 6.07) is 3.36. The van der Waals surface area contributed by atoms with E-state index >= 15 is 0 Å². The number of rotatable bonds is 17. The molecule has 0 saturated carbocycles. The third-order valence-corrected chi connectivity index (χ3v) is 13.3. The molecule has 3 heterocycles. The molecule has 5 aliphatic rings. The lowest BCUT2D eigenvalue weighted by atomic mass is 9.72. The number of amides is 7. The Morgan fingerprint density at radius 2 is 1.50 bits per heavy atom. The van der Waals surface area contributed by atoms with Gasteiger partial charge in [0.15, 0.2) is 12.1 Å². The summed E-state index contributed by atoms with van der Waals surface area (Å²) in [7, 11) is 2.94. The Labute approximate surface area is 424 Å². The van der Waals surface area contributed by atoms with E-state index in [0.717, 1.165) is 43.2 Å². The van der Waals surface area contributed by atoms with Crippen molar-refractivity contribution in [1.29, 1.82) is 0 Å². The first-order valence-electron chi connectivity index (χ1n) is 24.0. The van der Waals surface area contributed by atoms with Crippen molar-refractivity contribution in [1.82, 2.24) is 36.4 Å². The van der Waals surface area contributed by atoms with Crippen molar-refractivity contribution >= 4 is 52.9 Å². The third kappa shape index (κ3) is 12.5. The van der Waals surface area contributed by atoms with E-state index in [1.54, 1.807) is 21.0 Å². The molecule has 402 valence electrons. The van der Waals surface area contributed by atoms with Crippen LogP contribution in [-0.2, 0) is 54.2 Å². The van der Waals surface area contributed by atoms with Crippen molar-refractivity contribution in [2.75, 3.05) is 73.2 Å². The van der Waals surface area contributed by atoms with Crippen molar-refractivity contribution in [3.8, 4) is 17.2 Å². The van der Waals surface area contributed by atoms with Gasteiger partial charge in [0, 0.05) is 101 Å². The number of aliphatic hydroxyl groups excluding tert-OH is 2. The standard InChI is InChI=1S/C38H42N6O14.C11H21NO4/c1-17(2)31(43-22(46)9-12-44-25(49)7-8-26(44)50)36(55)42-16-24(48)41-15-23(47)39-10-11-40-37(56)38(57)13-19-27(20(45)14-38)34(53)30-29(33(19)52)32(51)18-5-4-6-21(58-3)28(18)35(30)54;1-8-11(13)9(3-5-15-8)12-4-6-16-10(7-12)14-2/h4-8,17,20,31,45,52-53,57H,9-16H2,1-3H3,(H,39,47)(H,40,56)(H,41,48)(H,42,55)(H,43,46);8-11,13H,3-7H2,1-2H3. The molecule has 7 atom stereocenters. The van der Waals surface area contributed by atoms with Gasteiger partial charge in [-0.3, -0.25) is 53.0 Å². The Morgan fingerprint density at radius 3 is 2.18 bits per heavy atom. The summed E-state index contributed by atoms with van der Waals surface area (Å²) >= 11 is 0. The molecule has 7 unspecified atom stereocenters. The molecule has 3 aliphatic heterocycles. The van der Waals surface area contributed by atoms with Crippen LogP contribution in [0.15, 0.2) is 30.4 Å². The summed E-state index contributed by atoms with van der Waals surface area (Å²) in [5.74, 6) is -8.41. The molecule has 2 aromatic rings. The van der Waals surface area contributed by atoms with Crippen LogP contribution in [0.5, 0.6) is 17.2 Å². The zero-order valence-electron chi connectivity index (χ0n) is 41.6. The van der Waals surface area contributed by atoms with Crippen LogP contribution in [0.1, 0.15) is 89.1 Å². The van der Waals surface area contributed by atoms with Crippen LogP contribution < -0.4 is 31.3 Å². The molecule has 10 N–H and O–H groups in total. The molecule has 0 spiro atoms. The van der Waals surface area contributed by atoms with Gasteiger partial charge in [-0.2, -0.15) is 0 Å². The lowest BCUT2D eigenvalue weighted by Crippen LogP contribution is -2.57. The predicted octanol–water partition coefficient (Wildman–Crippen LogP) is -2.66. The van der Waals surface area contributed by atoms with Crippen LogP contribution in [0.25, 0.3) is 0 Å². The van der Waals surface area contributed by atoms with Crippen molar-refractivity contribution in [3.63, 3.8) is 0 Å². The maximum atomic E-state index is 13.5. The number of aromatic hydroxyl groups is 2. The molecule has 0 bridgehead atoms. The van der Waals surface area contributed by atoms with Gasteiger partial charge >= 0.3 is 0 Å². The quantitative estimate of drug-likeness (QED) is 0.0375. The van der Waals surface area contributed by atoms with Crippen LogP contribution in [0.4, 0.5) is 0 Å². The molecule has 25 nitrogen and oxygen atoms in total. The van der Waals surface area contributed by atoms with Crippen LogP contribution in [0, 0.1) is 5.92 Å². The lowest BCUT2D eigenvalue weighted by Gasteiger charge is -2.43. The summed E-state index contributed by atoms with van der Waals surface area (Å²) < 4.78 is 21.3. The molecule has 25 heteroatoms. The molecular formula is C49H63N7O18. The fraction of sp³-hybridized carbons (Fsp3) is 0.531. The van der Waals surface area contributed by atoms with Crippen molar-refractivity contribution in [3.05, 3.63) is 63.7 Å². The molecule has 2 fully saturated rings. The first-order valence-corrected chi connectivity index (χ1v) is 24.0. The molecule has 2 saturated heterocycles. The molecule has 74 heavy (non-hydrogen) atoms. The summed E-state index contributed by atoms with van der Waals surface area (Å²) in [6.45, 7) is 6.53. The van der Waals surface area contributed by atoms with Gasteiger partial charge < -0.3 is 71.1 Å². The van der Waals surface area contributed by atoms with Gasteiger partial charge in [0.25, 0.3) is 17.7 Å². The topological polar surface area (TPSA) is 358 Å². The number of phenols is 2. The number of ether oxygens (including phenoxy) is 4. The van der Waals surface area contributed by atoms with Gasteiger partial charge in [0.05, 0.1) is 61.8 Å². The zero-order valence-corrected chi connectivity index (χ0v) is 41.6. The number of phenolic OH excluding ortho intramolecular Hbond substituents is 2. The third-order valence-electron chi connectivity index (χ3n) is 13.3. The number of carbonyl (C=O) groups is 9. The molecule has 0 aromatic heterocycles. The van der Waals surface area contributed by atoms with Gasteiger partial charge in [0.2, 0.25) is 29.4 Å². The number of ketones is 2.